The van der Waals surface area contributed by atoms with E-state index in [1.54, 1.807) is 11.8 Å². The van der Waals surface area contributed by atoms with E-state index in [0.717, 1.165) is 67.2 Å². The van der Waals surface area contributed by atoms with Gasteiger partial charge in [0.05, 0.1) is 5.39 Å². The average Bonchev–Trinajstić information content (AvgIpc) is 3.27. The zero-order valence-corrected chi connectivity index (χ0v) is 19.7. The Hall–Kier alpha value is -3.39. The number of rotatable bonds is 6. The topological polar surface area (TPSA) is 95.9 Å². The third-order valence-corrected chi connectivity index (χ3v) is 7.18. The molecular weight excluding hydrogens is 430 g/mol. The number of fused-ring (bicyclic) bond motifs is 2. The molecule has 0 saturated carbocycles. The number of benzene rings is 2. The third-order valence-electron chi connectivity index (χ3n) is 7.18. The molecule has 1 aromatic heterocycles. The molecule has 0 bridgehead atoms. The first kappa shape index (κ1) is 22.4. The Kier molecular flexibility index (Phi) is 6.00. The van der Waals surface area contributed by atoms with Crippen molar-refractivity contribution in [3.63, 3.8) is 0 Å². The summed E-state index contributed by atoms with van der Waals surface area (Å²) in [4.78, 5) is 30.7. The average molecular weight is 462 g/mol. The number of aromatic nitrogens is 1. The van der Waals surface area contributed by atoms with Crippen molar-refractivity contribution in [1.82, 2.24) is 10.1 Å². The van der Waals surface area contributed by atoms with Crippen molar-refractivity contribution in [2.45, 2.75) is 38.6 Å². The number of primary amides is 1. The Morgan fingerprint density at radius 2 is 1.94 bits per heavy atom. The molecular formula is C26H31N5O3. The summed E-state index contributed by atoms with van der Waals surface area (Å²) in [6.07, 6.45) is 1.33. The van der Waals surface area contributed by atoms with E-state index in [9.17, 15) is 9.59 Å². The zero-order valence-electron chi connectivity index (χ0n) is 19.7. The second-order valence-corrected chi connectivity index (χ2v) is 9.42. The smallest absolute Gasteiger partial charge is 0.240 e. The lowest BCUT2D eigenvalue weighted by Gasteiger charge is -2.36. The summed E-state index contributed by atoms with van der Waals surface area (Å²) in [5.74, 6) is 0.523. The molecule has 178 valence electrons. The molecule has 2 amide bonds. The summed E-state index contributed by atoms with van der Waals surface area (Å²) in [7, 11) is 0. The highest BCUT2D eigenvalue weighted by Crippen LogP contribution is 2.37. The van der Waals surface area contributed by atoms with Gasteiger partial charge in [-0.25, -0.2) is 0 Å². The molecule has 1 saturated heterocycles. The van der Waals surface area contributed by atoms with Crippen molar-refractivity contribution in [2.75, 3.05) is 42.5 Å². The second-order valence-electron chi connectivity index (χ2n) is 9.42. The van der Waals surface area contributed by atoms with Gasteiger partial charge in [0.2, 0.25) is 11.8 Å². The van der Waals surface area contributed by atoms with Crippen LogP contribution in [0.4, 0.5) is 11.5 Å². The molecule has 0 spiro atoms. The quantitative estimate of drug-likeness (QED) is 0.606. The van der Waals surface area contributed by atoms with Gasteiger partial charge in [0.1, 0.15) is 6.04 Å². The van der Waals surface area contributed by atoms with Crippen molar-refractivity contribution in [3.05, 3.63) is 53.6 Å². The molecule has 0 aliphatic carbocycles. The minimum absolute atomic E-state index is 0.0446. The Bertz CT molecular complexity index is 1210. The minimum Gasteiger partial charge on any atom is -0.368 e. The minimum atomic E-state index is -0.650. The number of anilines is 2. The highest BCUT2D eigenvalue weighted by molar-refractivity contribution is 6.02. The van der Waals surface area contributed by atoms with E-state index in [1.165, 1.54) is 5.56 Å². The number of carbonyl (C=O) groups excluding carboxylic acids is 2. The standard InChI is InChI=1S/C26H31N5O3/c1-17-15-24(32)31(18(2)25(27)33)22-8-7-19(16-21(17)22)9-10-29-11-13-30(14-12-29)26-20-5-3-4-6-23(20)34-28-26/h3-8,16-18H,9-15H2,1-2H3,(H2,27,33). The molecule has 3 aromatic rings. The van der Waals surface area contributed by atoms with Gasteiger partial charge < -0.3 is 15.2 Å². The van der Waals surface area contributed by atoms with Crippen LogP contribution in [0, 0.1) is 0 Å². The van der Waals surface area contributed by atoms with Crippen LogP contribution in [-0.4, -0.2) is 60.6 Å². The number of amides is 2. The predicted octanol–water partition coefficient (Wildman–Crippen LogP) is 2.91. The van der Waals surface area contributed by atoms with Crippen LogP contribution in [0.15, 0.2) is 47.0 Å². The summed E-state index contributed by atoms with van der Waals surface area (Å²) >= 11 is 0. The lowest BCUT2D eigenvalue weighted by atomic mass is 9.88. The normalized spacial score (nSPS) is 19.9. The lowest BCUT2D eigenvalue weighted by Crippen LogP contribution is -2.48. The van der Waals surface area contributed by atoms with E-state index in [1.807, 2.05) is 24.3 Å². The van der Waals surface area contributed by atoms with Gasteiger partial charge in [-0.1, -0.05) is 36.3 Å². The van der Waals surface area contributed by atoms with Gasteiger partial charge in [0, 0.05) is 44.8 Å². The lowest BCUT2D eigenvalue weighted by molar-refractivity contribution is -0.124. The van der Waals surface area contributed by atoms with Crippen molar-refractivity contribution >= 4 is 34.3 Å². The van der Waals surface area contributed by atoms with E-state index in [-0.39, 0.29) is 11.8 Å². The SMILES string of the molecule is CC1CC(=O)N(C(C)C(N)=O)c2ccc(CCN3CCN(c4noc5ccccc45)CC3)cc21. The largest absolute Gasteiger partial charge is 0.368 e. The molecule has 2 N–H and O–H groups in total. The Balaban J connectivity index is 1.22. The van der Waals surface area contributed by atoms with Gasteiger partial charge >= 0.3 is 0 Å². The van der Waals surface area contributed by atoms with Crippen molar-refractivity contribution in [2.24, 2.45) is 5.73 Å². The Morgan fingerprint density at radius 1 is 1.18 bits per heavy atom. The van der Waals surface area contributed by atoms with Crippen LogP contribution < -0.4 is 15.5 Å². The molecule has 2 aromatic carbocycles. The molecule has 8 nitrogen and oxygen atoms in total. The summed E-state index contributed by atoms with van der Waals surface area (Å²) < 4.78 is 5.48. The second kappa shape index (κ2) is 9.10. The predicted molar refractivity (Wildman–Crippen MR) is 132 cm³/mol. The van der Waals surface area contributed by atoms with Crippen LogP contribution in [0.5, 0.6) is 0 Å². The number of nitrogens with zero attached hydrogens (tertiary/aromatic N) is 4. The first-order valence-corrected chi connectivity index (χ1v) is 12.0. The van der Waals surface area contributed by atoms with Gasteiger partial charge in [-0.2, -0.15) is 0 Å². The van der Waals surface area contributed by atoms with Crippen LogP contribution in [0.25, 0.3) is 11.0 Å². The molecule has 2 atom stereocenters. The van der Waals surface area contributed by atoms with Crippen LogP contribution >= 0.6 is 0 Å². The first-order chi connectivity index (χ1) is 16.4. The van der Waals surface area contributed by atoms with E-state index in [4.69, 9.17) is 10.3 Å². The van der Waals surface area contributed by atoms with Gasteiger partial charge in [-0.15, -0.1) is 0 Å². The maximum Gasteiger partial charge on any atom is 0.240 e. The highest BCUT2D eigenvalue weighted by Gasteiger charge is 2.34. The maximum atomic E-state index is 12.6. The van der Waals surface area contributed by atoms with Crippen molar-refractivity contribution < 1.29 is 14.1 Å². The number of carbonyl (C=O) groups is 2. The Morgan fingerprint density at radius 3 is 2.71 bits per heavy atom. The maximum absolute atomic E-state index is 12.6. The summed E-state index contributed by atoms with van der Waals surface area (Å²) in [6.45, 7) is 8.51. The van der Waals surface area contributed by atoms with Crippen LogP contribution in [0.2, 0.25) is 0 Å². The van der Waals surface area contributed by atoms with E-state index < -0.39 is 11.9 Å². The summed E-state index contributed by atoms with van der Waals surface area (Å²) in [5, 5.41) is 5.36. The van der Waals surface area contributed by atoms with E-state index in [0.29, 0.717) is 6.42 Å². The van der Waals surface area contributed by atoms with E-state index in [2.05, 4.69) is 40.1 Å². The number of para-hydroxylation sites is 1. The summed E-state index contributed by atoms with van der Waals surface area (Å²) in [6, 6.07) is 13.6. The number of hydrogen-bond donors (Lipinski definition) is 1. The molecule has 5 rings (SSSR count). The molecule has 2 aliphatic heterocycles. The molecule has 2 unspecified atom stereocenters. The van der Waals surface area contributed by atoms with Gasteiger partial charge in [-0.05, 0) is 48.6 Å². The Labute approximate surface area is 199 Å². The molecule has 2 aliphatic rings. The van der Waals surface area contributed by atoms with Crippen molar-refractivity contribution in [1.29, 1.82) is 0 Å². The fourth-order valence-electron chi connectivity index (χ4n) is 5.10. The molecule has 34 heavy (non-hydrogen) atoms. The number of nitrogens with two attached hydrogens (primary N) is 1. The first-order valence-electron chi connectivity index (χ1n) is 12.0. The third kappa shape index (κ3) is 4.14. The molecule has 8 heteroatoms. The van der Waals surface area contributed by atoms with Crippen LogP contribution in [0.3, 0.4) is 0 Å². The van der Waals surface area contributed by atoms with E-state index >= 15 is 0 Å². The highest BCUT2D eigenvalue weighted by atomic mass is 16.5. The van der Waals surface area contributed by atoms with Crippen LogP contribution in [-0.2, 0) is 16.0 Å². The van der Waals surface area contributed by atoms with Gasteiger partial charge in [0.25, 0.3) is 0 Å². The molecule has 1 fully saturated rings. The fraction of sp³-hybridized carbons (Fsp3) is 0.423. The van der Waals surface area contributed by atoms with Crippen LogP contribution in [0.1, 0.15) is 37.3 Å². The number of piperazine rings is 1. The molecule has 3 heterocycles. The van der Waals surface area contributed by atoms with Gasteiger partial charge in [-0.3, -0.25) is 19.4 Å². The zero-order chi connectivity index (χ0) is 23.8. The number of hydrogen-bond acceptors (Lipinski definition) is 6. The molecule has 0 radical (unpaired) electrons. The van der Waals surface area contributed by atoms with Crippen molar-refractivity contribution in [3.8, 4) is 0 Å². The fourth-order valence-corrected chi connectivity index (χ4v) is 5.10. The monoisotopic (exact) mass is 461 g/mol. The van der Waals surface area contributed by atoms with Gasteiger partial charge in [0.15, 0.2) is 11.4 Å². The summed E-state index contributed by atoms with van der Waals surface area (Å²) in [5.41, 5.74) is 9.50.